The van der Waals surface area contributed by atoms with Gasteiger partial charge in [-0.3, -0.25) is 0 Å². The average molecular weight is 434 g/mol. The second kappa shape index (κ2) is 8.35. The first-order chi connectivity index (χ1) is 15.1. The van der Waals surface area contributed by atoms with Crippen LogP contribution in [0.25, 0.3) is 0 Å². The van der Waals surface area contributed by atoms with Gasteiger partial charge in [-0.2, -0.15) is 0 Å². The summed E-state index contributed by atoms with van der Waals surface area (Å²) in [6.07, 6.45) is 4.83. The Labute approximate surface area is 188 Å². The molecule has 0 aromatic heterocycles. The number of hydrogen-bond acceptors (Lipinski definition) is 1. The van der Waals surface area contributed by atoms with Gasteiger partial charge in [0.15, 0.2) is 26.3 Å². The van der Waals surface area contributed by atoms with Gasteiger partial charge < -0.3 is 4.74 Å². The lowest BCUT2D eigenvalue weighted by Crippen LogP contribution is -2.46. The molecular weight excluding hydrogens is 403 g/mol. The summed E-state index contributed by atoms with van der Waals surface area (Å²) >= 11 is 0. The van der Waals surface area contributed by atoms with Crippen LogP contribution in [0.2, 0.25) is 0 Å². The van der Waals surface area contributed by atoms with E-state index in [1.165, 1.54) is 29.1 Å². The highest BCUT2D eigenvalue weighted by molar-refractivity contribution is 7.97. The van der Waals surface area contributed by atoms with Crippen molar-refractivity contribution < 1.29 is 9.13 Å². The first-order valence-electron chi connectivity index (χ1n) is 11.4. The molecule has 0 spiro atoms. The molecule has 2 bridgehead atoms. The molecule has 3 aromatic rings. The fourth-order valence-corrected chi connectivity index (χ4v) is 7.79. The van der Waals surface area contributed by atoms with Crippen LogP contribution in [0.1, 0.15) is 39.5 Å². The fraction of sp³-hybridized carbons (Fsp3) is 0.357. The molecule has 160 valence electrons. The predicted octanol–water partition coefficient (Wildman–Crippen LogP) is 7.51. The number of hydrogen-bond donors (Lipinski definition) is 0. The molecule has 0 saturated heterocycles. The largest absolute Gasteiger partial charge is 0.484 e. The maximum absolute atomic E-state index is 15.5. The van der Waals surface area contributed by atoms with E-state index in [1.54, 1.807) is 6.07 Å². The summed E-state index contributed by atoms with van der Waals surface area (Å²) in [6, 6.07) is 26.4. The van der Waals surface area contributed by atoms with Gasteiger partial charge in [-0.15, -0.1) is 0 Å². The van der Waals surface area contributed by atoms with Crippen molar-refractivity contribution in [3.63, 3.8) is 0 Å². The van der Waals surface area contributed by atoms with E-state index in [9.17, 15) is 0 Å². The maximum atomic E-state index is 15.5. The van der Waals surface area contributed by atoms with Crippen molar-refractivity contribution in [2.75, 3.05) is 0 Å². The molecule has 0 aliphatic heterocycles. The molecule has 31 heavy (non-hydrogen) atoms. The van der Waals surface area contributed by atoms with Crippen molar-refractivity contribution in [2.45, 2.75) is 59.8 Å². The van der Waals surface area contributed by atoms with Gasteiger partial charge in [0.25, 0.3) is 0 Å². The van der Waals surface area contributed by atoms with Gasteiger partial charge >= 0.3 is 0 Å². The van der Waals surface area contributed by atoms with Crippen molar-refractivity contribution in [2.24, 2.45) is 17.8 Å². The van der Waals surface area contributed by atoms with Crippen LogP contribution in [-0.2, 0) is 10.9 Å². The van der Waals surface area contributed by atoms with Gasteiger partial charge in [-0.1, -0.05) is 50.2 Å². The van der Waals surface area contributed by atoms with Crippen LogP contribution in [0.5, 0.6) is 5.75 Å². The molecule has 0 amide bonds. The van der Waals surface area contributed by atoms with Crippen molar-refractivity contribution in [3.05, 3.63) is 84.7 Å². The molecule has 2 aliphatic rings. The summed E-state index contributed by atoms with van der Waals surface area (Å²) < 4.78 is 22.0. The first kappa shape index (κ1) is 20.6. The monoisotopic (exact) mass is 433 g/mol. The SMILES string of the molecule is CC(C)C1(Oc2ccc([S+](c3ccccc3)c3ccccc3)cc2F)CC2CCC1C2. The lowest BCUT2D eigenvalue weighted by atomic mass is 9.76. The Balaban J connectivity index is 1.49. The van der Waals surface area contributed by atoms with E-state index < -0.39 is 0 Å². The van der Waals surface area contributed by atoms with Gasteiger partial charge in [-0.05, 0) is 79.8 Å². The van der Waals surface area contributed by atoms with Crippen LogP contribution in [0, 0.1) is 23.6 Å². The molecule has 0 heterocycles. The lowest BCUT2D eigenvalue weighted by molar-refractivity contribution is -0.0310. The van der Waals surface area contributed by atoms with Crippen LogP contribution in [-0.4, -0.2) is 5.60 Å². The highest BCUT2D eigenvalue weighted by Crippen LogP contribution is 2.55. The van der Waals surface area contributed by atoms with E-state index >= 15 is 4.39 Å². The second-order valence-electron chi connectivity index (χ2n) is 9.32. The Kier molecular flexibility index (Phi) is 5.56. The molecule has 5 rings (SSSR count). The maximum Gasteiger partial charge on any atom is 0.170 e. The zero-order valence-corrected chi connectivity index (χ0v) is 19.1. The molecule has 0 N–H and O–H groups in total. The molecule has 0 radical (unpaired) electrons. The van der Waals surface area contributed by atoms with E-state index in [-0.39, 0.29) is 22.3 Å². The lowest BCUT2D eigenvalue weighted by Gasteiger charge is -2.41. The first-order valence-corrected chi connectivity index (χ1v) is 12.6. The van der Waals surface area contributed by atoms with Gasteiger partial charge in [-0.25, -0.2) is 4.39 Å². The van der Waals surface area contributed by atoms with E-state index in [4.69, 9.17) is 4.74 Å². The van der Waals surface area contributed by atoms with Gasteiger partial charge in [0.2, 0.25) is 0 Å². The summed E-state index contributed by atoms with van der Waals surface area (Å²) in [4.78, 5) is 3.36. The van der Waals surface area contributed by atoms with Crippen LogP contribution < -0.4 is 4.74 Å². The third-order valence-corrected chi connectivity index (χ3v) is 9.43. The Hall–Kier alpha value is -2.26. The van der Waals surface area contributed by atoms with Crippen LogP contribution in [0.4, 0.5) is 4.39 Å². The molecular formula is C28H30FOS+. The topological polar surface area (TPSA) is 9.23 Å². The highest BCUT2D eigenvalue weighted by atomic mass is 32.2. The standard InChI is InChI=1S/C28H30FOS/c1-20(2)28(19-21-13-14-22(28)17-21)30-27-16-15-25(18-26(27)29)31(23-9-5-3-6-10-23)24-11-7-4-8-12-24/h3-12,15-16,18,20-22H,13-14,17,19H2,1-2H3/q+1. The minimum absolute atomic E-state index is 0.216. The Morgan fingerprint density at radius 2 is 1.52 bits per heavy atom. The van der Waals surface area contributed by atoms with Gasteiger partial charge in [0, 0.05) is 6.07 Å². The zero-order chi connectivity index (χ0) is 21.4. The normalized spacial score (nSPS) is 24.8. The minimum Gasteiger partial charge on any atom is -0.484 e. The van der Waals surface area contributed by atoms with E-state index in [0.717, 1.165) is 17.2 Å². The molecule has 2 saturated carbocycles. The van der Waals surface area contributed by atoms with Crippen LogP contribution >= 0.6 is 0 Å². The molecule has 2 aliphatic carbocycles. The van der Waals surface area contributed by atoms with E-state index in [2.05, 4.69) is 44.2 Å². The van der Waals surface area contributed by atoms with Crippen molar-refractivity contribution >= 4 is 10.9 Å². The third-order valence-electron chi connectivity index (χ3n) is 7.21. The molecule has 3 unspecified atom stereocenters. The van der Waals surface area contributed by atoms with Gasteiger partial charge in [0.1, 0.15) is 5.60 Å². The molecule has 1 nitrogen and oxygen atoms in total. The zero-order valence-electron chi connectivity index (χ0n) is 18.3. The number of benzene rings is 3. The van der Waals surface area contributed by atoms with E-state index in [1.807, 2.05) is 42.5 Å². The summed E-state index contributed by atoms with van der Waals surface area (Å²) in [5, 5.41) is 0. The Morgan fingerprint density at radius 3 is 2.00 bits per heavy atom. The van der Waals surface area contributed by atoms with Crippen molar-refractivity contribution in [1.29, 1.82) is 0 Å². The number of halogens is 1. The average Bonchev–Trinajstić information content (AvgIpc) is 3.39. The number of fused-ring (bicyclic) bond motifs is 2. The minimum atomic E-state index is -0.353. The van der Waals surface area contributed by atoms with Gasteiger partial charge in [0.05, 0.1) is 10.9 Å². The summed E-state index contributed by atoms with van der Waals surface area (Å²) in [5.74, 6) is 1.85. The Morgan fingerprint density at radius 1 is 0.871 bits per heavy atom. The summed E-state index contributed by atoms with van der Waals surface area (Å²) in [5.41, 5.74) is -0.216. The summed E-state index contributed by atoms with van der Waals surface area (Å²) in [7, 11) is -0.353. The molecule has 3 atom stereocenters. The van der Waals surface area contributed by atoms with Crippen molar-refractivity contribution in [3.8, 4) is 5.75 Å². The molecule has 2 fully saturated rings. The fourth-order valence-electron chi connectivity index (χ4n) is 5.69. The molecule has 3 aromatic carbocycles. The van der Waals surface area contributed by atoms with Crippen LogP contribution in [0.15, 0.2) is 93.5 Å². The smallest absolute Gasteiger partial charge is 0.170 e. The summed E-state index contributed by atoms with van der Waals surface area (Å²) in [6.45, 7) is 4.46. The number of ether oxygens (including phenoxy) is 1. The predicted molar refractivity (Wildman–Crippen MR) is 125 cm³/mol. The highest BCUT2D eigenvalue weighted by Gasteiger charge is 2.54. The number of rotatable bonds is 6. The quantitative estimate of drug-likeness (QED) is 0.365. The Bertz CT molecular complexity index is 996. The molecule has 3 heteroatoms. The third kappa shape index (κ3) is 3.78. The van der Waals surface area contributed by atoms with Crippen LogP contribution in [0.3, 0.4) is 0 Å². The second-order valence-corrected chi connectivity index (χ2v) is 11.3. The van der Waals surface area contributed by atoms with Crippen molar-refractivity contribution in [1.82, 2.24) is 0 Å². The van der Waals surface area contributed by atoms with E-state index in [0.29, 0.717) is 17.6 Å².